The van der Waals surface area contributed by atoms with Gasteiger partial charge in [-0.2, -0.15) is 11.8 Å². The van der Waals surface area contributed by atoms with Crippen molar-refractivity contribution in [2.75, 3.05) is 18.6 Å². The highest BCUT2D eigenvalue weighted by molar-refractivity contribution is 7.98. The van der Waals surface area contributed by atoms with Crippen LogP contribution in [0.2, 0.25) is 0 Å². The fourth-order valence-corrected chi connectivity index (χ4v) is 2.68. The summed E-state index contributed by atoms with van der Waals surface area (Å²) in [6.07, 6.45) is 2.84. The first kappa shape index (κ1) is 26.1. The van der Waals surface area contributed by atoms with Gasteiger partial charge in [-0.1, -0.05) is 20.3 Å². The third-order valence-electron chi connectivity index (χ3n) is 4.31. The van der Waals surface area contributed by atoms with Crippen molar-refractivity contribution in [2.24, 2.45) is 11.7 Å². The minimum absolute atomic E-state index is 0.295. The van der Waals surface area contributed by atoms with Crippen LogP contribution in [0, 0.1) is 5.92 Å². The third-order valence-corrected chi connectivity index (χ3v) is 4.96. The van der Waals surface area contributed by atoms with Crippen LogP contribution in [0.1, 0.15) is 33.6 Å². The lowest BCUT2D eigenvalue weighted by Crippen LogP contribution is -2.57. The fraction of sp³-hybridized carbons (Fsp3) is 0.765. The summed E-state index contributed by atoms with van der Waals surface area (Å²) >= 11 is 1.53. The molecule has 28 heavy (non-hydrogen) atoms. The van der Waals surface area contributed by atoms with Crippen LogP contribution in [0.5, 0.6) is 0 Å². The molecule has 0 aromatic rings. The SMILES string of the molecule is CCC(C)C(NC(=O)C(C)NC(=O)C(CO)NC(=O)C(N)CCSC)C(=O)O. The molecule has 0 aromatic carbocycles. The number of aliphatic hydroxyl groups is 1. The quantitative estimate of drug-likeness (QED) is 0.213. The highest BCUT2D eigenvalue weighted by Gasteiger charge is 2.29. The minimum Gasteiger partial charge on any atom is -0.480 e. The van der Waals surface area contributed by atoms with E-state index in [1.165, 1.54) is 18.7 Å². The monoisotopic (exact) mass is 420 g/mol. The number of carbonyl (C=O) groups is 4. The summed E-state index contributed by atoms with van der Waals surface area (Å²) in [5.41, 5.74) is 5.72. The average molecular weight is 421 g/mol. The van der Waals surface area contributed by atoms with E-state index in [1.807, 2.05) is 6.26 Å². The number of amides is 3. The van der Waals surface area contributed by atoms with Gasteiger partial charge in [-0.05, 0) is 31.3 Å². The molecule has 5 atom stereocenters. The number of carboxylic acids is 1. The van der Waals surface area contributed by atoms with Crippen molar-refractivity contribution < 1.29 is 29.4 Å². The van der Waals surface area contributed by atoms with Gasteiger partial charge >= 0.3 is 5.97 Å². The Balaban J connectivity index is 4.80. The lowest BCUT2D eigenvalue weighted by Gasteiger charge is -2.24. The Bertz CT molecular complexity index is 548. The van der Waals surface area contributed by atoms with Gasteiger partial charge < -0.3 is 31.9 Å². The second-order valence-corrected chi connectivity index (χ2v) is 7.56. The number of nitrogens with one attached hydrogen (secondary N) is 3. The van der Waals surface area contributed by atoms with Crippen molar-refractivity contribution >= 4 is 35.5 Å². The highest BCUT2D eigenvalue weighted by atomic mass is 32.2. The lowest BCUT2D eigenvalue weighted by atomic mass is 9.99. The molecule has 0 rings (SSSR count). The Hall–Kier alpha value is -1.85. The van der Waals surface area contributed by atoms with Crippen LogP contribution in [-0.4, -0.2) is 76.7 Å². The van der Waals surface area contributed by atoms with Crippen molar-refractivity contribution in [1.82, 2.24) is 16.0 Å². The molecule has 0 saturated heterocycles. The molecule has 0 spiro atoms. The van der Waals surface area contributed by atoms with Crippen LogP contribution in [-0.2, 0) is 19.2 Å². The number of carbonyl (C=O) groups excluding carboxylic acids is 3. The van der Waals surface area contributed by atoms with Gasteiger partial charge in [-0.3, -0.25) is 14.4 Å². The third kappa shape index (κ3) is 8.89. The Morgan fingerprint density at radius 2 is 1.64 bits per heavy atom. The first-order valence-electron chi connectivity index (χ1n) is 9.08. The molecule has 11 heteroatoms. The average Bonchev–Trinajstić information content (AvgIpc) is 2.66. The first-order valence-corrected chi connectivity index (χ1v) is 10.5. The zero-order valence-corrected chi connectivity index (χ0v) is 17.5. The molecule has 0 aliphatic rings. The Morgan fingerprint density at radius 1 is 1.04 bits per heavy atom. The molecule has 0 fully saturated rings. The summed E-state index contributed by atoms with van der Waals surface area (Å²) < 4.78 is 0. The van der Waals surface area contributed by atoms with Gasteiger partial charge in [0.25, 0.3) is 0 Å². The molecule has 10 nitrogen and oxygen atoms in total. The Labute approximate surface area is 169 Å². The molecule has 162 valence electrons. The van der Waals surface area contributed by atoms with E-state index in [4.69, 9.17) is 5.73 Å². The Kier molecular flexibility index (Phi) is 12.5. The van der Waals surface area contributed by atoms with Crippen molar-refractivity contribution in [3.05, 3.63) is 0 Å². The number of hydrogen-bond acceptors (Lipinski definition) is 7. The molecule has 0 bridgehead atoms. The van der Waals surface area contributed by atoms with Crippen LogP contribution >= 0.6 is 11.8 Å². The van der Waals surface area contributed by atoms with Crippen LogP contribution in [0.3, 0.4) is 0 Å². The molecular formula is C17H32N4O6S. The predicted octanol–water partition coefficient (Wildman–Crippen LogP) is -1.34. The maximum absolute atomic E-state index is 12.2. The highest BCUT2D eigenvalue weighted by Crippen LogP contribution is 2.08. The smallest absolute Gasteiger partial charge is 0.326 e. The van der Waals surface area contributed by atoms with Crippen molar-refractivity contribution in [3.8, 4) is 0 Å². The van der Waals surface area contributed by atoms with Gasteiger partial charge in [0.2, 0.25) is 17.7 Å². The predicted molar refractivity (Wildman–Crippen MR) is 107 cm³/mol. The zero-order chi connectivity index (χ0) is 21.9. The Morgan fingerprint density at radius 3 is 2.11 bits per heavy atom. The molecular weight excluding hydrogens is 388 g/mol. The van der Waals surface area contributed by atoms with Crippen LogP contribution in [0.15, 0.2) is 0 Å². The molecule has 0 aliphatic carbocycles. The van der Waals surface area contributed by atoms with E-state index in [0.717, 1.165) is 0 Å². The van der Waals surface area contributed by atoms with Gasteiger partial charge in [0, 0.05) is 0 Å². The van der Waals surface area contributed by atoms with Gasteiger partial charge in [-0.25, -0.2) is 4.79 Å². The number of thioether (sulfide) groups is 1. The van der Waals surface area contributed by atoms with Gasteiger partial charge in [0.15, 0.2) is 0 Å². The minimum atomic E-state index is -1.27. The second-order valence-electron chi connectivity index (χ2n) is 6.57. The van der Waals surface area contributed by atoms with E-state index in [1.54, 1.807) is 13.8 Å². The summed E-state index contributed by atoms with van der Waals surface area (Å²) in [6.45, 7) is 4.20. The van der Waals surface area contributed by atoms with Crippen LogP contribution < -0.4 is 21.7 Å². The molecule has 0 heterocycles. The molecule has 3 amide bonds. The van der Waals surface area contributed by atoms with E-state index >= 15 is 0 Å². The maximum Gasteiger partial charge on any atom is 0.326 e. The normalized spacial score (nSPS) is 16.2. The first-order chi connectivity index (χ1) is 13.1. The number of nitrogens with two attached hydrogens (primary N) is 1. The van der Waals surface area contributed by atoms with E-state index in [-0.39, 0.29) is 5.92 Å². The second kappa shape index (κ2) is 13.3. The number of carboxylic acid groups (broad SMARTS) is 1. The molecule has 0 radical (unpaired) electrons. The maximum atomic E-state index is 12.2. The summed E-state index contributed by atoms with van der Waals surface area (Å²) in [7, 11) is 0. The van der Waals surface area contributed by atoms with Gasteiger partial charge in [0.1, 0.15) is 18.1 Å². The van der Waals surface area contributed by atoms with Crippen molar-refractivity contribution in [1.29, 1.82) is 0 Å². The van der Waals surface area contributed by atoms with E-state index in [2.05, 4.69) is 16.0 Å². The molecule has 5 unspecified atom stereocenters. The number of rotatable bonds is 13. The molecule has 0 aromatic heterocycles. The molecule has 0 saturated carbocycles. The standard InChI is InChI=1S/C17H32N4O6S/c1-5-9(2)13(17(26)27)21-14(23)10(3)19-16(25)12(8-22)20-15(24)11(18)6-7-28-4/h9-13,22H,5-8,18H2,1-4H3,(H,19,25)(H,20,24)(H,21,23)(H,26,27). The van der Waals surface area contributed by atoms with E-state index < -0.39 is 54.5 Å². The van der Waals surface area contributed by atoms with Crippen LogP contribution in [0.25, 0.3) is 0 Å². The molecule has 0 aliphatic heterocycles. The van der Waals surface area contributed by atoms with Crippen molar-refractivity contribution in [2.45, 2.75) is 57.8 Å². The van der Waals surface area contributed by atoms with Crippen LogP contribution in [0.4, 0.5) is 0 Å². The summed E-state index contributed by atoms with van der Waals surface area (Å²) in [6, 6.07) is -4.23. The summed E-state index contributed by atoms with van der Waals surface area (Å²) in [4.78, 5) is 47.7. The van der Waals surface area contributed by atoms with Gasteiger partial charge in [-0.15, -0.1) is 0 Å². The summed E-state index contributed by atoms with van der Waals surface area (Å²) in [5, 5.41) is 25.7. The van der Waals surface area contributed by atoms with Crippen molar-refractivity contribution in [3.63, 3.8) is 0 Å². The fourth-order valence-electron chi connectivity index (χ4n) is 2.19. The van der Waals surface area contributed by atoms with E-state index in [9.17, 15) is 29.4 Å². The van der Waals surface area contributed by atoms with Gasteiger partial charge in [0.05, 0.1) is 12.6 Å². The summed E-state index contributed by atoms with van der Waals surface area (Å²) in [5.74, 6) is -2.82. The number of aliphatic hydroxyl groups excluding tert-OH is 1. The number of aliphatic carboxylic acids is 1. The van der Waals surface area contributed by atoms with E-state index in [0.29, 0.717) is 18.6 Å². The zero-order valence-electron chi connectivity index (χ0n) is 16.7. The lowest BCUT2D eigenvalue weighted by molar-refractivity contribution is -0.143. The molecule has 7 N–H and O–H groups in total. The topological polar surface area (TPSA) is 171 Å². The largest absolute Gasteiger partial charge is 0.480 e. The number of hydrogen-bond donors (Lipinski definition) is 6.